The normalized spacial score (nSPS) is 12.1. The minimum atomic E-state index is -0.329. The molecule has 0 aliphatic carbocycles. The van der Waals surface area contributed by atoms with E-state index >= 15 is 0 Å². The first-order valence-corrected chi connectivity index (χ1v) is 12.4. The maximum atomic E-state index is 12.9. The van der Waals surface area contributed by atoms with Gasteiger partial charge in [-0.1, -0.05) is 37.7 Å². The maximum Gasteiger partial charge on any atom is 0.258 e. The number of aromatic nitrogens is 5. The van der Waals surface area contributed by atoms with E-state index in [0.29, 0.717) is 51.3 Å². The van der Waals surface area contributed by atoms with E-state index in [9.17, 15) is 9.59 Å². The molecule has 182 valence electrons. The summed E-state index contributed by atoms with van der Waals surface area (Å²) < 4.78 is 7.16. The number of aromatic amines is 1. The van der Waals surface area contributed by atoms with Crippen molar-refractivity contribution in [1.82, 2.24) is 30.0 Å². The average Bonchev–Trinajstić information content (AvgIpc) is 3.28. The van der Waals surface area contributed by atoms with Crippen LogP contribution in [-0.2, 0) is 12.3 Å². The first-order valence-electron chi connectivity index (χ1n) is 11.4. The van der Waals surface area contributed by atoms with Crippen LogP contribution in [0.1, 0.15) is 48.8 Å². The number of nitrogens with one attached hydrogen (secondary N) is 2. The summed E-state index contributed by atoms with van der Waals surface area (Å²) in [6, 6.07) is 13.9. The van der Waals surface area contributed by atoms with Crippen LogP contribution >= 0.6 is 11.8 Å². The van der Waals surface area contributed by atoms with Crippen LogP contribution in [0.2, 0.25) is 0 Å². The summed E-state index contributed by atoms with van der Waals surface area (Å²) in [5, 5.41) is 13.2. The van der Waals surface area contributed by atoms with Gasteiger partial charge < -0.3 is 19.6 Å². The average molecular weight is 493 g/mol. The zero-order valence-corrected chi connectivity index (χ0v) is 20.9. The summed E-state index contributed by atoms with van der Waals surface area (Å²) >= 11 is 1.44. The molecule has 4 rings (SSSR count). The number of hydrogen-bond donors (Lipinski definition) is 2. The van der Waals surface area contributed by atoms with Crippen LogP contribution in [-0.4, -0.2) is 37.7 Å². The molecule has 2 heterocycles. The highest BCUT2D eigenvalue weighted by Crippen LogP contribution is 2.27. The molecule has 0 radical (unpaired) electrons. The van der Waals surface area contributed by atoms with Gasteiger partial charge in [0.25, 0.3) is 11.5 Å². The predicted molar refractivity (Wildman–Crippen MR) is 136 cm³/mol. The van der Waals surface area contributed by atoms with Crippen molar-refractivity contribution < 1.29 is 9.53 Å². The minimum Gasteiger partial charge on any atom is -0.497 e. The van der Waals surface area contributed by atoms with Gasteiger partial charge in [-0.2, -0.15) is 0 Å². The Bertz CT molecular complexity index is 1380. The number of carbonyl (C=O) groups excluding carboxylic acids is 1. The van der Waals surface area contributed by atoms with Gasteiger partial charge in [-0.3, -0.25) is 9.59 Å². The monoisotopic (exact) mass is 492 g/mol. The highest BCUT2D eigenvalue weighted by Gasteiger charge is 2.26. The van der Waals surface area contributed by atoms with Gasteiger partial charge in [0.1, 0.15) is 11.6 Å². The molecule has 0 saturated carbocycles. The van der Waals surface area contributed by atoms with Crippen molar-refractivity contribution in [2.45, 2.75) is 44.3 Å². The van der Waals surface area contributed by atoms with E-state index in [1.807, 2.05) is 43.5 Å². The standard InChI is InChI=1S/C25H28N6O3S/c1-5-31-22(21(15(2)3)28-23(32)16-10-12-17(34-4)13-11-16)29-30-25(31)35-14-20-26-19-9-7-6-8-18(19)24(33)27-20/h6-13,15,21H,5,14H2,1-4H3,(H,28,32)(H,26,27,33)/t21-/m1/s1. The van der Waals surface area contributed by atoms with E-state index in [2.05, 4.69) is 25.5 Å². The third kappa shape index (κ3) is 5.37. The highest BCUT2D eigenvalue weighted by molar-refractivity contribution is 7.98. The Balaban J connectivity index is 1.53. The molecule has 35 heavy (non-hydrogen) atoms. The smallest absolute Gasteiger partial charge is 0.258 e. The predicted octanol–water partition coefficient (Wildman–Crippen LogP) is 3.96. The van der Waals surface area contributed by atoms with Gasteiger partial charge in [0.2, 0.25) is 0 Å². The molecule has 0 aliphatic heterocycles. The lowest BCUT2D eigenvalue weighted by Crippen LogP contribution is -2.33. The molecule has 0 saturated heterocycles. The van der Waals surface area contributed by atoms with Gasteiger partial charge in [0.05, 0.1) is 29.8 Å². The molecule has 1 amide bonds. The fourth-order valence-electron chi connectivity index (χ4n) is 3.77. The summed E-state index contributed by atoms with van der Waals surface area (Å²) in [5.41, 5.74) is 1.04. The molecular weight excluding hydrogens is 464 g/mol. The second kappa shape index (κ2) is 10.7. The Hall–Kier alpha value is -3.66. The molecule has 1 atom stereocenters. The lowest BCUT2D eigenvalue weighted by molar-refractivity contribution is 0.0921. The number of fused-ring (bicyclic) bond motifs is 1. The van der Waals surface area contributed by atoms with Gasteiger partial charge in [0.15, 0.2) is 11.0 Å². The Labute approximate surface area is 207 Å². The van der Waals surface area contributed by atoms with E-state index in [1.165, 1.54) is 11.8 Å². The number of benzene rings is 2. The van der Waals surface area contributed by atoms with E-state index < -0.39 is 0 Å². The maximum absolute atomic E-state index is 12.9. The summed E-state index contributed by atoms with van der Waals surface area (Å²) in [6.45, 7) is 6.71. The third-order valence-electron chi connectivity index (χ3n) is 5.65. The first-order chi connectivity index (χ1) is 16.9. The lowest BCUT2D eigenvalue weighted by Gasteiger charge is -2.22. The largest absolute Gasteiger partial charge is 0.497 e. The summed E-state index contributed by atoms with van der Waals surface area (Å²) in [4.78, 5) is 32.7. The lowest BCUT2D eigenvalue weighted by atomic mass is 10.0. The molecule has 0 fully saturated rings. The van der Waals surface area contributed by atoms with Gasteiger partial charge in [0, 0.05) is 12.1 Å². The molecule has 4 aromatic rings. The van der Waals surface area contributed by atoms with Crippen LogP contribution in [0.25, 0.3) is 10.9 Å². The van der Waals surface area contributed by atoms with E-state index in [4.69, 9.17) is 4.74 Å². The van der Waals surface area contributed by atoms with Crippen LogP contribution in [0.3, 0.4) is 0 Å². The highest BCUT2D eigenvalue weighted by atomic mass is 32.2. The Morgan fingerprint density at radius 2 is 1.89 bits per heavy atom. The van der Waals surface area contributed by atoms with Crippen molar-refractivity contribution >= 4 is 28.6 Å². The van der Waals surface area contributed by atoms with E-state index in [-0.39, 0.29) is 23.4 Å². The molecule has 0 unspecified atom stereocenters. The van der Waals surface area contributed by atoms with Crippen LogP contribution in [0.15, 0.2) is 58.5 Å². The number of ether oxygens (including phenoxy) is 1. The molecule has 0 aliphatic rings. The second-order valence-electron chi connectivity index (χ2n) is 8.33. The third-order valence-corrected chi connectivity index (χ3v) is 6.62. The number of rotatable bonds is 9. The zero-order valence-electron chi connectivity index (χ0n) is 20.1. The molecule has 2 aromatic heterocycles. The van der Waals surface area contributed by atoms with Crippen LogP contribution < -0.4 is 15.6 Å². The summed E-state index contributed by atoms with van der Waals surface area (Å²) in [5.74, 6) is 2.28. The zero-order chi connectivity index (χ0) is 24.9. The second-order valence-corrected chi connectivity index (χ2v) is 9.27. The van der Waals surface area contributed by atoms with Crippen molar-refractivity contribution in [3.8, 4) is 5.75 Å². The van der Waals surface area contributed by atoms with Crippen molar-refractivity contribution in [1.29, 1.82) is 0 Å². The fourth-order valence-corrected chi connectivity index (χ4v) is 4.65. The van der Waals surface area contributed by atoms with Gasteiger partial charge in [-0.15, -0.1) is 10.2 Å². The van der Waals surface area contributed by atoms with Crippen molar-refractivity contribution in [2.75, 3.05) is 7.11 Å². The Morgan fingerprint density at radius 1 is 1.14 bits per heavy atom. The van der Waals surface area contributed by atoms with Crippen molar-refractivity contribution in [3.05, 3.63) is 76.1 Å². The van der Waals surface area contributed by atoms with Crippen molar-refractivity contribution in [2.24, 2.45) is 5.92 Å². The van der Waals surface area contributed by atoms with Gasteiger partial charge in [-0.25, -0.2) is 4.98 Å². The SMILES string of the molecule is CCn1c(SCc2nc3ccccc3c(=O)[nH]2)nnc1[C@H](NC(=O)c1ccc(OC)cc1)C(C)C. The van der Waals surface area contributed by atoms with E-state index in [0.717, 1.165) is 0 Å². The Kier molecular flexibility index (Phi) is 7.50. The number of nitrogens with zero attached hydrogens (tertiary/aromatic N) is 4. The molecule has 10 heteroatoms. The fraction of sp³-hybridized carbons (Fsp3) is 0.320. The molecule has 2 N–H and O–H groups in total. The molecule has 0 spiro atoms. The number of amides is 1. The number of thioether (sulfide) groups is 1. The molecule has 2 aromatic carbocycles. The first kappa shape index (κ1) is 24.5. The van der Waals surface area contributed by atoms with Gasteiger partial charge in [-0.05, 0) is 49.2 Å². The molecule has 9 nitrogen and oxygen atoms in total. The van der Waals surface area contributed by atoms with Crippen molar-refractivity contribution in [3.63, 3.8) is 0 Å². The number of H-pyrrole nitrogens is 1. The van der Waals surface area contributed by atoms with E-state index in [1.54, 1.807) is 37.4 Å². The minimum absolute atomic E-state index is 0.0862. The quantitative estimate of drug-likeness (QED) is 0.340. The molecular formula is C25H28N6O3S. The molecule has 0 bridgehead atoms. The topological polar surface area (TPSA) is 115 Å². The van der Waals surface area contributed by atoms with Gasteiger partial charge >= 0.3 is 0 Å². The Morgan fingerprint density at radius 3 is 2.57 bits per heavy atom. The summed E-state index contributed by atoms with van der Waals surface area (Å²) in [7, 11) is 1.59. The summed E-state index contributed by atoms with van der Waals surface area (Å²) in [6.07, 6.45) is 0. The van der Waals surface area contributed by atoms with Crippen LogP contribution in [0, 0.1) is 5.92 Å². The van der Waals surface area contributed by atoms with Crippen LogP contribution in [0.4, 0.5) is 0 Å². The number of para-hydroxylation sites is 1. The number of methoxy groups -OCH3 is 1. The number of carbonyl (C=O) groups is 1. The number of hydrogen-bond acceptors (Lipinski definition) is 7. The van der Waals surface area contributed by atoms with Crippen LogP contribution in [0.5, 0.6) is 5.75 Å².